The standard InChI is InChI=1S/C16H25NO2/c1-4-17-11-14-9-10-18-16(14)13-5-7-15(8-6-13)19-12(2)3/h5-8,12,14,16-17H,4,9-11H2,1-3H3. The van der Waals surface area contributed by atoms with Crippen molar-refractivity contribution in [1.82, 2.24) is 5.32 Å². The van der Waals surface area contributed by atoms with Crippen molar-refractivity contribution in [2.45, 2.75) is 39.4 Å². The van der Waals surface area contributed by atoms with E-state index in [9.17, 15) is 0 Å². The molecule has 19 heavy (non-hydrogen) atoms. The van der Waals surface area contributed by atoms with E-state index < -0.39 is 0 Å². The van der Waals surface area contributed by atoms with Gasteiger partial charge in [0.05, 0.1) is 12.2 Å². The van der Waals surface area contributed by atoms with Crippen LogP contribution in [0.15, 0.2) is 24.3 Å². The molecule has 1 saturated heterocycles. The van der Waals surface area contributed by atoms with Gasteiger partial charge in [-0.3, -0.25) is 0 Å². The summed E-state index contributed by atoms with van der Waals surface area (Å²) in [5, 5.41) is 3.42. The summed E-state index contributed by atoms with van der Waals surface area (Å²) in [7, 11) is 0. The van der Waals surface area contributed by atoms with Gasteiger partial charge in [-0.15, -0.1) is 0 Å². The average Bonchev–Trinajstić information content (AvgIpc) is 2.85. The average molecular weight is 263 g/mol. The second-order valence-electron chi connectivity index (χ2n) is 5.38. The van der Waals surface area contributed by atoms with Crippen LogP contribution in [-0.2, 0) is 4.74 Å². The lowest BCUT2D eigenvalue weighted by Gasteiger charge is -2.19. The Labute approximate surface area is 116 Å². The van der Waals surface area contributed by atoms with Crippen LogP contribution in [0, 0.1) is 5.92 Å². The van der Waals surface area contributed by atoms with Gasteiger partial charge in [0.15, 0.2) is 0 Å². The second kappa shape index (κ2) is 6.92. The maximum atomic E-state index is 5.89. The first-order chi connectivity index (χ1) is 9.20. The van der Waals surface area contributed by atoms with Crippen LogP contribution in [0.3, 0.4) is 0 Å². The quantitative estimate of drug-likeness (QED) is 0.855. The van der Waals surface area contributed by atoms with Crippen LogP contribution >= 0.6 is 0 Å². The third kappa shape index (κ3) is 3.95. The monoisotopic (exact) mass is 263 g/mol. The van der Waals surface area contributed by atoms with Crippen LogP contribution in [0.4, 0.5) is 0 Å². The smallest absolute Gasteiger partial charge is 0.119 e. The minimum Gasteiger partial charge on any atom is -0.491 e. The van der Waals surface area contributed by atoms with Crippen LogP contribution in [-0.4, -0.2) is 25.8 Å². The molecular weight excluding hydrogens is 238 g/mol. The Hall–Kier alpha value is -1.06. The SMILES string of the molecule is CCNCC1CCOC1c1ccc(OC(C)C)cc1. The Morgan fingerprint density at radius 1 is 1.32 bits per heavy atom. The van der Waals surface area contributed by atoms with Gasteiger partial charge >= 0.3 is 0 Å². The predicted octanol–water partition coefficient (Wildman–Crippen LogP) is 3.16. The van der Waals surface area contributed by atoms with Crippen LogP contribution in [0.2, 0.25) is 0 Å². The Bertz CT molecular complexity index is 375. The molecular formula is C16H25NO2. The number of hydrogen-bond acceptors (Lipinski definition) is 3. The predicted molar refractivity (Wildman–Crippen MR) is 77.5 cm³/mol. The Balaban J connectivity index is 2.00. The maximum absolute atomic E-state index is 5.89. The number of rotatable bonds is 6. The molecule has 106 valence electrons. The van der Waals surface area contributed by atoms with Gasteiger partial charge in [0, 0.05) is 19.1 Å². The van der Waals surface area contributed by atoms with Crippen LogP contribution in [0.25, 0.3) is 0 Å². The fourth-order valence-corrected chi connectivity index (χ4v) is 2.55. The molecule has 2 atom stereocenters. The molecule has 0 saturated carbocycles. The molecule has 2 rings (SSSR count). The summed E-state index contributed by atoms with van der Waals surface area (Å²) >= 11 is 0. The van der Waals surface area contributed by atoms with E-state index in [0.29, 0.717) is 5.92 Å². The molecule has 1 heterocycles. The van der Waals surface area contributed by atoms with Crippen molar-refractivity contribution < 1.29 is 9.47 Å². The fourth-order valence-electron chi connectivity index (χ4n) is 2.55. The van der Waals surface area contributed by atoms with Crippen LogP contribution in [0.5, 0.6) is 5.75 Å². The molecule has 0 amide bonds. The lowest BCUT2D eigenvalue weighted by molar-refractivity contribution is 0.0906. The number of hydrogen-bond donors (Lipinski definition) is 1. The highest BCUT2D eigenvalue weighted by atomic mass is 16.5. The zero-order valence-corrected chi connectivity index (χ0v) is 12.2. The van der Waals surface area contributed by atoms with Gasteiger partial charge in [-0.25, -0.2) is 0 Å². The number of nitrogens with one attached hydrogen (secondary N) is 1. The van der Waals surface area contributed by atoms with E-state index in [4.69, 9.17) is 9.47 Å². The van der Waals surface area contributed by atoms with Gasteiger partial charge in [-0.05, 0) is 44.5 Å². The maximum Gasteiger partial charge on any atom is 0.119 e. The largest absolute Gasteiger partial charge is 0.491 e. The molecule has 1 aliphatic heterocycles. The second-order valence-corrected chi connectivity index (χ2v) is 5.38. The zero-order chi connectivity index (χ0) is 13.7. The first-order valence-corrected chi connectivity index (χ1v) is 7.29. The molecule has 0 radical (unpaired) electrons. The van der Waals surface area contributed by atoms with Crippen molar-refractivity contribution in [2.24, 2.45) is 5.92 Å². The summed E-state index contributed by atoms with van der Waals surface area (Å²) in [6.07, 6.45) is 1.59. The molecule has 1 aliphatic rings. The lowest BCUT2D eigenvalue weighted by Crippen LogP contribution is -2.24. The first kappa shape index (κ1) is 14.4. The molecule has 1 fully saturated rings. The van der Waals surface area contributed by atoms with Crippen molar-refractivity contribution in [1.29, 1.82) is 0 Å². The Morgan fingerprint density at radius 2 is 2.05 bits per heavy atom. The van der Waals surface area contributed by atoms with Gasteiger partial charge in [-0.2, -0.15) is 0 Å². The highest BCUT2D eigenvalue weighted by Gasteiger charge is 2.29. The van der Waals surface area contributed by atoms with Crippen LogP contribution < -0.4 is 10.1 Å². The number of benzene rings is 1. The van der Waals surface area contributed by atoms with Gasteiger partial charge < -0.3 is 14.8 Å². The third-order valence-electron chi connectivity index (χ3n) is 3.45. The molecule has 1 aromatic carbocycles. The van der Waals surface area contributed by atoms with Gasteiger partial charge in [0.25, 0.3) is 0 Å². The van der Waals surface area contributed by atoms with E-state index in [1.54, 1.807) is 0 Å². The lowest BCUT2D eigenvalue weighted by atomic mass is 9.95. The van der Waals surface area contributed by atoms with Gasteiger partial charge in [-0.1, -0.05) is 19.1 Å². The van der Waals surface area contributed by atoms with Gasteiger partial charge in [0.1, 0.15) is 5.75 Å². The number of ether oxygens (including phenoxy) is 2. The summed E-state index contributed by atoms with van der Waals surface area (Å²) in [4.78, 5) is 0. The summed E-state index contributed by atoms with van der Waals surface area (Å²) in [6, 6.07) is 8.35. The van der Waals surface area contributed by atoms with E-state index >= 15 is 0 Å². The minimum absolute atomic E-state index is 0.218. The Kier molecular flexibility index (Phi) is 5.23. The molecule has 0 bridgehead atoms. The highest BCUT2D eigenvalue weighted by Crippen LogP contribution is 2.34. The molecule has 1 N–H and O–H groups in total. The normalized spacial score (nSPS) is 22.9. The molecule has 2 unspecified atom stereocenters. The fraction of sp³-hybridized carbons (Fsp3) is 0.625. The summed E-state index contributed by atoms with van der Waals surface area (Å²) in [5.74, 6) is 1.51. The summed E-state index contributed by atoms with van der Waals surface area (Å²) in [5.41, 5.74) is 1.26. The molecule has 3 heteroatoms. The van der Waals surface area contributed by atoms with E-state index in [1.807, 2.05) is 26.0 Å². The molecule has 0 spiro atoms. The first-order valence-electron chi connectivity index (χ1n) is 7.29. The van der Waals surface area contributed by atoms with Crippen molar-refractivity contribution in [3.8, 4) is 5.75 Å². The van der Waals surface area contributed by atoms with Gasteiger partial charge in [0.2, 0.25) is 0 Å². The van der Waals surface area contributed by atoms with E-state index in [0.717, 1.165) is 31.9 Å². The van der Waals surface area contributed by atoms with E-state index in [2.05, 4.69) is 24.4 Å². The third-order valence-corrected chi connectivity index (χ3v) is 3.45. The Morgan fingerprint density at radius 3 is 2.68 bits per heavy atom. The molecule has 0 aromatic heterocycles. The van der Waals surface area contributed by atoms with Crippen molar-refractivity contribution in [3.63, 3.8) is 0 Å². The minimum atomic E-state index is 0.218. The van der Waals surface area contributed by atoms with Crippen molar-refractivity contribution in [3.05, 3.63) is 29.8 Å². The van der Waals surface area contributed by atoms with E-state index in [1.165, 1.54) is 5.56 Å². The highest BCUT2D eigenvalue weighted by molar-refractivity contribution is 5.29. The molecule has 0 aliphatic carbocycles. The zero-order valence-electron chi connectivity index (χ0n) is 12.2. The van der Waals surface area contributed by atoms with Crippen LogP contribution in [0.1, 0.15) is 38.9 Å². The van der Waals surface area contributed by atoms with Crippen molar-refractivity contribution >= 4 is 0 Å². The molecule has 3 nitrogen and oxygen atoms in total. The molecule has 1 aromatic rings. The van der Waals surface area contributed by atoms with E-state index in [-0.39, 0.29) is 12.2 Å². The summed E-state index contributed by atoms with van der Waals surface area (Å²) < 4.78 is 11.6. The topological polar surface area (TPSA) is 30.5 Å². The summed E-state index contributed by atoms with van der Waals surface area (Å²) in [6.45, 7) is 9.14. The van der Waals surface area contributed by atoms with Crippen molar-refractivity contribution in [2.75, 3.05) is 19.7 Å².